The standard InChI is InChI=1S/C15H11ClN4O/c16-14-12(6-10(17)7-19-14)15(21)20-11-5-9-3-1-2-4-13(9)18-8-11/h1-8H,17H2,(H,20,21). The molecule has 1 aromatic carbocycles. The molecule has 0 aliphatic heterocycles. The van der Waals surface area contributed by atoms with E-state index in [-0.39, 0.29) is 16.6 Å². The summed E-state index contributed by atoms with van der Waals surface area (Å²) in [6.45, 7) is 0. The summed E-state index contributed by atoms with van der Waals surface area (Å²) in [5.74, 6) is -0.378. The second-order valence-corrected chi connectivity index (χ2v) is 4.84. The first-order valence-electron chi connectivity index (χ1n) is 6.20. The summed E-state index contributed by atoms with van der Waals surface area (Å²) in [4.78, 5) is 20.3. The van der Waals surface area contributed by atoms with E-state index in [1.54, 1.807) is 6.20 Å². The lowest BCUT2D eigenvalue weighted by molar-refractivity contribution is 0.102. The molecule has 0 atom stereocenters. The number of anilines is 2. The first-order chi connectivity index (χ1) is 10.1. The summed E-state index contributed by atoms with van der Waals surface area (Å²) in [6, 6.07) is 11.0. The van der Waals surface area contributed by atoms with Crippen LogP contribution < -0.4 is 11.1 Å². The summed E-state index contributed by atoms with van der Waals surface area (Å²) in [7, 11) is 0. The Morgan fingerprint density at radius 1 is 1.14 bits per heavy atom. The number of nitrogens with zero attached hydrogens (tertiary/aromatic N) is 2. The number of nitrogen functional groups attached to an aromatic ring is 1. The largest absolute Gasteiger partial charge is 0.397 e. The second-order valence-electron chi connectivity index (χ2n) is 4.48. The van der Waals surface area contributed by atoms with E-state index in [0.717, 1.165) is 10.9 Å². The van der Waals surface area contributed by atoms with Crippen LogP contribution in [0, 0.1) is 0 Å². The van der Waals surface area contributed by atoms with Gasteiger partial charge in [-0.2, -0.15) is 0 Å². The maximum Gasteiger partial charge on any atom is 0.258 e. The molecule has 104 valence electrons. The number of halogens is 1. The number of pyridine rings is 2. The maximum absolute atomic E-state index is 12.2. The fraction of sp³-hybridized carbons (Fsp3) is 0. The number of nitrogens with one attached hydrogen (secondary N) is 1. The fourth-order valence-corrected chi connectivity index (χ4v) is 2.15. The van der Waals surface area contributed by atoms with E-state index >= 15 is 0 Å². The summed E-state index contributed by atoms with van der Waals surface area (Å²) >= 11 is 5.91. The van der Waals surface area contributed by atoms with E-state index in [9.17, 15) is 4.79 Å². The molecule has 0 spiro atoms. The Bertz CT molecular complexity index is 835. The highest BCUT2D eigenvalue weighted by Gasteiger charge is 2.12. The van der Waals surface area contributed by atoms with Gasteiger partial charge in [0.1, 0.15) is 5.15 Å². The van der Waals surface area contributed by atoms with Crippen molar-refractivity contribution in [3.8, 4) is 0 Å². The van der Waals surface area contributed by atoms with E-state index < -0.39 is 0 Å². The minimum absolute atomic E-state index is 0.107. The summed E-state index contributed by atoms with van der Waals surface area (Å²) < 4.78 is 0. The van der Waals surface area contributed by atoms with E-state index in [4.69, 9.17) is 17.3 Å². The average Bonchev–Trinajstić information content (AvgIpc) is 2.49. The van der Waals surface area contributed by atoms with Crippen LogP contribution in [0.4, 0.5) is 11.4 Å². The van der Waals surface area contributed by atoms with Crippen molar-refractivity contribution in [1.82, 2.24) is 9.97 Å². The molecule has 0 unspecified atom stereocenters. The van der Waals surface area contributed by atoms with Gasteiger partial charge in [0.25, 0.3) is 5.91 Å². The van der Waals surface area contributed by atoms with E-state index in [1.807, 2.05) is 30.3 Å². The molecule has 1 amide bonds. The third-order valence-electron chi connectivity index (χ3n) is 2.95. The van der Waals surface area contributed by atoms with Gasteiger partial charge in [0.15, 0.2) is 0 Å². The van der Waals surface area contributed by atoms with Crippen molar-refractivity contribution in [3.05, 3.63) is 59.5 Å². The molecule has 0 aliphatic carbocycles. The van der Waals surface area contributed by atoms with Crippen molar-refractivity contribution in [2.45, 2.75) is 0 Å². The maximum atomic E-state index is 12.2. The monoisotopic (exact) mass is 298 g/mol. The van der Waals surface area contributed by atoms with Gasteiger partial charge >= 0.3 is 0 Å². The number of hydrogen-bond donors (Lipinski definition) is 2. The highest BCUT2D eigenvalue weighted by Crippen LogP contribution is 2.19. The molecule has 2 heterocycles. The number of carbonyl (C=O) groups excluding carboxylic acids is 1. The Morgan fingerprint density at radius 3 is 2.81 bits per heavy atom. The third-order valence-corrected chi connectivity index (χ3v) is 3.25. The number of aromatic nitrogens is 2. The number of para-hydroxylation sites is 1. The van der Waals surface area contributed by atoms with E-state index in [0.29, 0.717) is 11.4 Å². The Kier molecular flexibility index (Phi) is 3.41. The third kappa shape index (κ3) is 2.78. The Balaban J connectivity index is 1.90. The number of fused-ring (bicyclic) bond motifs is 1. The highest BCUT2D eigenvalue weighted by molar-refractivity contribution is 6.33. The van der Waals surface area contributed by atoms with Crippen LogP contribution in [-0.2, 0) is 0 Å². The molecule has 3 rings (SSSR count). The summed E-state index contributed by atoms with van der Waals surface area (Å²) in [6.07, 6.45) is 2.99. The minimum atomic E-state index is -0.378. The molecular formula is C15H11ClN4O. The molecule has 3 aromatic rings. The predicted octanol–water partition coefficient (Wildman–Crippen LogP) is 3.12. The highest BCUT2D eigenvalue weighted by atomic mass is 35.5. The van der Waals surface area contributed by atoms with Gasteiger partial charge in [0, 0.05) is 5.39 Å². The molecule has 6 heteroatoms. The van der Waals surface area contributed by atoms with Crippen LogP contribution in [0.15, 0.2) is 48.8 Å². The van der Waals surface area contributed by atoms with Crippen LogP contribution >= 0.6 is 11.6 Å². The summed E-state index contributed by atoms with van der Waals surface area (Å²) in [5, 5.41) is 3.78. The SMILES string of the molecule is Nc1cnc(Cl)c(C(=O)Nc2cnc3ccccc3c2)c1. The molecule has 2 aromatic heterocycles. The van der Waals surface area contributed by atoms with Gasteiger partial charge < -0.3 is 11.1 Å². The van der Waals surface area contributed by atoms with Crippen LogP contribution in [0.1, 0.15) is 10.4 Å². The van der Waals surface area contributed by atoms with E-state index in [1.165, 1.54) is 12.3 Å². The Hall–Kier alpha value is -2.66. The molecule has 0 saturated heterocycles. The molecule has 3 N–H and O–H groups in total. The van der Waals surface area contributed by atoms with Crippen molar-refractivity contribution in [2.24, 2.45) is 0 Å². The topological polar surface area (TPSA) is 80.9 Å². The molecule has 0 bridgehead atoms. The van der Waals surface area contributed by atoms with Gasteiger partial charge in [0.2, 0.25) is 0 Å². The van der Waals surface area contributed by atoms with Crippen LogP contribution in [0.2, 0.25) is 5.15 Å². The Labute approximate surface area is 125 Å². The lowest BCUT2D eigenvalue weighted by Crippen LogP contribution is -2.13. The molecular weight excluding hydrogens is 288 g/mol. The molecule has 21 heavy (non-hydrogen) atoms. The first kappa shape index (κ1) is 13.3. The van der Waals surface area contributed by atoms with Crippen molar-refractivity contribution in [1.29, 1.82) is 0 Å². The normalized spacial score (nSPS) is 10.5. The minimum Gasteiger partial charge on any atom is -0.397 e. The first-order valence-corrected chi connectivity index (χ1v) is 6.58. The molecule has 0 radical (unpaired) electrons. The number of carbonyl (C=O) groups is 1. The zero-order chi connectivity index (χ0) is 14.8. The van der Waals surface area contributed by atoms with Gasteiger partial charge in [-0.05, 0) is 18.2 Å². The number of hydrogen-bond acceptors (Lipinski definition) is 4. The lowest BCUT2D eigenvalue weighted by Gasteiger charge is -2.07. The predicted molar refractivity (Wildman–Crippen MR) is 83.4 cm³/mol. The lowest BCUT2D eigenvalue weighted by atomic mass is 10.2. The van der Waals surface area contributed by atoms with Crippen molar-refractivity contribution in [2.75, 3.05) is 11.1 Å². The van der Waals surface area contributed by atoms with Gasteiger partial charge in [-0.15, -0.1) is 0 Å². The van der Waals surface area contributed by atoms with Crippen molar-refractivity contribution >= 4 is 39.8 Å². The van der Waals surface area contributed by atoms with Gasteiger partial charge in [-0.3, -0.25) is 9.78 Å². The van der Waals surface area contributed by atoms with Crippen LogP contribution in [-0.4, -0.2) is 15.9 Å². The Morgan fingerprint density at radius 2 is 1.95 bits per heavy atom. The van der Waals surface area contributed by atoms with Gasteiger partial charge in [0.05, 0.1) is 34.8 Å². The van der Waals surface area contributed by atoms with E-state index in [2.05, 4.69) is 15.3 Å². The smallest absolute Gasteiger partial charge is 0.258 e. The van der Waals surface area contributed by atoms with Crippen molar-refractivity contribution in [3.63, 3.8) is 0 Å². The number of amides is 1. The molecule has 0 aliphatic rings. The van der Waals surface area contributed by atoms with Gasteiger partial charge in [-0.25, -0.2) is 4.98 Å². The number of benzene rings is 1. The number of rotatable bonds is 2. The second kappa shape index (κ2) is 5.38. The zero-order valence-electron chi connectivity index (χ0n) is 10.9. The van der Waals surface area contributed by atoms with Crippen LogP contribution in [0.25, 0.3) is 10.9 Å². The van der Waals surface area contributed by atoms with Crippen molar-refractivity contribution < 1.29 is 4.79 Å². The van der Waals surface area contributed by atoms with Crippen LogP contribution in [0.5, 0.6) is 0 Å². The molecule has 5 nitrogen and oxygen atoms in total. The quantitative estimate of drug-likeness (QED) is 0.712. The number of nitrogens with two attached hydrogens (primary N) is 1. The zero-order valence-corrected chi connectivity index (χ0v) is 11.6. The molecule has 0 fully saturated rings. The van der Waals surface area contributed by atoms with Gasteiger partial charge in [-0.1, -0.05) is 29.8 Å². The van der Waals surface area contributed by atoms with Crippen LogP contribution in [0.3, 0.4) is 0 Å². The summed E-state index contributed by atoms with van der Waals surface area (Å²) in [5.41, 5.74) is 7.66. The average molecular weight is 299 g/mol. The molecule has 0 saturated carbocycles. The fourth-order valence-electron chi connectivity index (χ4n) is 1.96.